The van der Waals surface area contributed by atoms with Gasteiger partial charge >= 0.3 is 0 Å². The molecule has 0 saturated heterocycles. The third-order valence-electron chi connectivity index (χ3n) is 3.77. The predicted octanol–water partition coefficient (Wildman–Crippen LogP) is 5.24. The number of hydrogen-bond donors (Lipinski definition) is 2. The van der Waals surface area contributed by atoms with Crippen molar-refractivity contribution in [2.75, 3.05) is 11.1 Å². The Hall–Kier alpha value is -2.86. The van der Waals surface area contributed by atoms with Crippen molar-refractivity contribution in [2.45, 2.75) is 13.8 Å². The first-order chi connectivity index (χ1) is 11.5. The fourth-order valence-electron chi connectivity index (χ4n) is 2.22. The number of nitrogen functional groups attached to an aromatic ring is 1. The highest BCUT2D eigenvalue weighted by Crippen LogP contribution is 2.31. The molecule has 3 aromatic rings. The van der Waals surface area contributed by atoms with E-state index >= 15 is 0 Å². The van der Waals surface area contributed by atoms with Crippen LogP contribution in [0.25, 0.3) is 0 Å². The van der Waals surface area contributed by atoms with Crippen LogP contribution in [0.1, 0.15) is 11.1 Å². The van der Waals surface area contributed by atoms with Gasteiger partial charge in [-0.2, -0.15) is 0 Å². The van der Waals surface area contributed by atoms with Gasteiger partial charge in [-0.1, -0.05) is 0 Å². The van der Waals surface area contributed by atoms with E-state index in [0.29, 0.717) is 5.95 Å². The molecule has 3 rings (SSSR count). The molecule has 1 aromatic heterocycles. The summed E-state index contributed by atoms with van der Waals surface area (Å²) in [6.45, 7) is 4.04. The third-order valence-corrected chi connectivity index (χ3v) is 4.04. The SMILES string of the molecule is Cc1c(N=Nc2nccn2Cl)ccc(Nc2ccc(N)cc2)c1C. The summed E-state index contributed by atoms with van der Waals surface area (Å²) in [6, 6.07) is 11.5. The maximum absolute atomic E-state index is 5.89. The van der Waals surface area contributed by atoms with E-state index in [4.69, 9.17) is 17.5 Å². The zero-order chi connectivity index (χ0) is 17.1. The van der Waals surface area contributed by atoms with Crippen LogP contribution in [0.5, 0.6) is 0 Å². The highest BCUT2D eigenvalue weighted by atomic mass is 35.5. The molecule has 0 aliphatic carbocycles. The number of benzene rings is 2. The molecule has 0 fully saturated rings. The van der Waals surface area contributed by atoms with Crippen molar-refractivity contribution in [3.8, 4) is 0 Å². The van der Waals surface area contributed by atoms with E-state index in [-0.39, 0.29) is 0 Å². The van der Waals surface area contributed by atoms with E-state index in [0.717, 1.165) is 33.9 Å². The summed E-state index contributed by atoms with van der Waals surface area (Å²) in [5.41, 5.74) is 11.3. The molecule has 24 heavy (non-hydrogen) atoms. The van der Waals surface area contributed by atoms with Gasteiger partial charge in [0.25, 0.3) is 5.95 Å². The lowest BCUT2D eigenvalue weighted by molar-refractivity contribution is 1.08. The monoisotopic (exact) mass is 340 g/mol. The maximum Gasteiger partial charge on any atom is 0.264 e. The van der Waals surface area contributed by atoms with Gasteiger partial charge in [-0.05, 0) is 61.4 Å². The molecule has 0 spiro atoms. The highest BCUT2D eigenvalue weighted by molar-refractivity contribution is 6.16. The van der Waals surface area contributed by atoms with Crippen LogP contribution >= 0.6 is 11.8 Å². The van der Waals surface area contributed by atoms with Crippen LogP contribution in [0.3, 0.4) is 0 Å². The van der Waals surface area contributed by atoms with Crippen molar-refractivity contribution in [2.24, 2.45) is 10.2 Å². The molecule has 0 aliphatic rings. The van der Waals surface area contributed by atoms with Crippen molar-refractivity contribution in [3.63, 3.8) is 0 Å². The van der Waals surface area contributed by atoms with Crippen molar-refractivity contribution >= 4 is 40.5 Å². The normalized spacial score (nSPS) is 11.1. The maximum atomic E-state index is 5.89. The lowest BCUT2D eigenvalue weighted by Gasteiger charge is -2.13. The highest BCUT2D eigenvalue weighted by Gasteiger charge is 2.07. The smallest absolute Gasteiger partial charge is 0.264 e. The Balaban J connectivity index is 1.84. The number of halogens is 1. The molecule has 6 nitrogen and oxygen atoms in total. The van der Waals surface area contributed by atoms with Crippen LogP contribution in [0.15, 0.2) is 59.0 Å². The third kappa shape index (κ3) is 3.38. The van der Waals surface area contributed by atoms with E-state index in [9.17, 15) is 0 Å². The first-order valence-corrected chi connectivity index (χ1v) is 7.72. The lowest BCUT2D eigenvalue weighted by Crippen LogP contribution is -1.95. The Morgan fingerprint density at radius 1 is 1.04 bits per heavy atom. The molecule has 0 unspecified atom stereocenters. The average Bonchev–Trinajstić information content (AvgIpc) is 2.98. The number of nitrogens with two attached hydrogens (primary N) is 1. The van der Waals surface area contributed by atoms with E-state index in [2.05, 4.69) is 20.5 Å². The van der Waals surface area contributed by atoms with Gasteiger partial charge in [-0.15, -0.1) is 10.2 Å². The average molecular weight is 341 g/mol. The molecule has 0 atom stereocenters. The fourth-order valence-corrected chi connectivity index (χ4v) is 2.35. The zero-order valence-corrected chi connectivity index (χ0v) is 14.1. The molecule has 2 aromatic carbocycles. The van der Waals surface area contributed by atoms with E-state index in [1.807, 2.05) is 50.2 Å². The zero-order valence-electron chi connectivity index (χ0n) is 13.4. The minimum atomic E-state index is 0.345. The summed E-state index contributed by atoms with van der Waals surface area (Å²) in [5, 5.41) is 11.7. The fraction of sp³-hybridized carbons (Fsp3) is 0.118. The number of nitrogens with one attached hydrogen (secondary N) is 1. The Morgan fingerprint density at radius 2 is 1.79 bits per heavy atom. The second kappa shape index (κ2) is 6.72. The number of nitrogens with zero attached hydrogens (tertiary/aromatic N) is 4. The van der Waals surface area contributed by atoms with Crippen LogP contribution in [0.2, 0.25) is 0 Å². The number of hydrogen-bond acceptors (Lipinski definition) is 5. The van der Waals surface area contributed by atoms with Gasteiger partial charge in [0.05, 0.1) is 5.69 Å². The molecule has 0 saturated carbocycles. The molecular formula is C17H17ClN6. The Bertz CT molecular complexity index is 883. The minimum absolute atomic E-state index is 0.345. The van der Waals surface area contributed by atoms with Crippen LogP contribution < -0.4 is 11.1 Å². The molecule has 0 radical (unpaired) electrons. The molecule has 122 valence electrons. The summed E-state index contributed by atoms with van der Waals surface area (Å²) in [6.07, 6.45) is 3.17. The standard InChI is InChI=1S/C17H17ClN6/c1-11-12(2)16(22-23-17-20-9-10-24(17)18)8-7-15(11)21-14-5-3-13(19)4-6-14/h3-10,21H,19H2,1-2H3. The van der Waals surface area contributed by atoms with Gasteiger partial charge in [-0.25, -0.2) is 9.07 Å². The second-order valence-corrected chi connectivity index (χ2v) is 5.73. The Morgan fingerprint density at radius 3 is 2.46 bits per heavy atom. The first-order valence-electron chi connectivity index (χ1n) is 7.38. The lowest BCUT2D eigenvalue weighted by atomic mass is 10.1. The summed E-state index contributed by atoms with van der Waals surface area (Å²) < 4.78 is 1.29. The first kappa shape index (κ1) is 16.0. The summed E-state index contributed by atoms with van der Waals surface area (Å²) in [5.74, 6) is 0.345. The van der Waals surface area contributed by atoms with Gasteiger partial charge in [0.2, 0.25) is 0 Å². The van der Waals surface area contributed by atoms with Crippen molar-refractivity contribution in [3.05, 3.63) is 59.9 Å². The van der Waals surface area contributed by atoms with Gasteiger partial charge in [0, 0.05) is 41.2 Å². The molecule has 0 aliphatic heterocycles. The number of rotatable bonds is 4. The number of imidazole rings is 1. The van der Waals surface area contributed by atoms with Crippen LogP contribution in [-0.2, 0) is 0 Å². The Kier molecular flexibility index (Phi) is 4.48. The van der Waals surface area contributed by atoms with Crippen molar-refractivity contribution in [1.29, 1.82) is 0 Å². The Labute approximate surface area is 145 Å². The molecule has 1 heterocycles. The van der Waals surface area contributed by atoms with Crippen molar-refractivity contribution in [1.82, 2.24) is 9.07 Å². The summed E-state index contributed by atoms with van der Waals surface area (Å²) in [7, 11) is 0. The summed E-state index contributed by atoms with van der Waals surface area (Å²) in [4.78, 5) is 4.01. The topological polar surface area (TPSA) is 80.6 Å². The predicted molar refractivity (Wildman–Crippen MR) is 97.7 cm³/mol. The minimum Gasteiger partial charge on any atom is -0.399 e. The molecule has 0 bridgehead atoms. The molecular weight excluding hydrogens is 324 g/mol. The molecule has 0 amide bonds. The molecule has 7 heteroatoms. The number of aromatic nitrogens is 2. The van der Waals surface area contributed by atoms with Gasteiger partial charge in [0.15, 0.2) is 0 Å². The van der Waals surface area contributed by atoms with Gasteiger partial charge < -0.3 is 11.1 Å². The quantitative estimate of drug-likeness (QED) is 0.503. The van der Waals surface area contributed by atoms with E-state index in [1.165, 1.54) is 4.09 Å². The van der Waals surface area contributed by atoms with Gasteiger partial charge in [0.1, 0.15) is 0 Å². The van der Waals surface area contributed by atoms with Crippen LogP contribution in [-0.4, -0.2) is 9.07 Å². The van der Waals surface area contributed by atoms with Crippen LogP contribution in [0.4, 0.5) is 28.7 Å². The second-order valence-electron chi connectivity index (χ2n) is 5.37. The van der Waals surface area contributed by atoms with Crippen molar-refractivity contribution < 1.29 is 0 Å². The van der Waals surface area contributed by atoms with Crippen LogP contribution in [0, 0.1) is 13.8 Å². The van der Waals surface area contributed by atoms with Gasteiger partial charge in [-0.3, -0.25) is 0 Å². The molecule has 3 N–H and O–H groups in total. The number of azo groups is 1. The largest absolute Gasteiger partial charge is 0.399 e. The van der Waals surface area contributed by atoms with E-state index in [1.54, 1.807) is 12.4 Å². The summed E-state index contributed by atoms with van der Waals surface area (Å²) >= 11 is 5.89. The number of anilines is 3. The van der Waals surface area contributed by atoms with E-state index < -0.39 is 0 Å².